The van der Waals surface area contributed by atoms with E-state index in [-0.39, 0.29) is 23.8 Å². The van der Waals surface area contributed by atoms with Crippen LogP contribution >= 0.6 is 12.4 Å². The molecule has 2 nitrogen and oxygen atoms in total. The summed E-state index contributed by atoms with van der Waals surface area (Å²) in [5.41, 5.74) is 6.53. The highest BCUT2D eigenvalue weighted by molar-refractivity contribution is 5.85. The molecule has 1 fully saturated rings. The molecule has 0 bridgehead atoms. The van der Waals surface area contributed by atoms with Crippen molar-refractivity contribution in [1.82, 2.24) is 5.32 Å². The van der Waals surface area contributed by atoms with Gasteiger partial charge in [0.2, 0.25) is 0 Å². The average molecular weight is 416 g/mol. The minimum Gasteiger partial charge on any atom is -0.370 e. The Labute approximate surface area is 180 Å². The van der Waals surface area contributed by atoms with Crippen LogP contribution in [0, 0.1) is 12.7 Å². The lowest BCUT2D eigenvalue weighted by molar-refractivity contribution is -0.0329. The van der Waals surface area contributed by atoms with Gasteiger partial charge in [0.15, 0.2) is 0 Å². The number of hydrogen-bond donors (Lipinski definition) is 1. The second-order valence-corrected chi connectivity index (χ2v) is 8.36. The minimum absolute atomic E-state index is 0. The SMILES string of the molecule is Cc1cccc(CNCCC2=C(c3ccc(F)cc3)CC3(CCCC3)OC2)c1.Cl. The van der Waals surface area contributed by atoms with E-state index in [2.05, 4.69) is 36.5 Å². The Balaban J connectivity index is 0.00000240. The van der Waals surface area contributed by atoms with Gasteiger partial charge in [0.1, 0.15) is 5.82 Å². The molecule has 156 valence electrons. The molecule has 29 heavy (non-hydrogen) atoms. The zero-order valence-corrected chi connectivity index (χ0v) is 18.0. The van der Waals surface area contributed by atoms with Crippen molar-refractivity contribution in [3.05, 3.63) is 76.6 Å². The van der Waals surface area contributed by atoms with E-state index in [1.54, 1.807) is 12.1 Å². The van der Waals surface area contributed by atoms with E-state index in [0.29, 0.717) is 6.61 Å². The van der Waals surface area contributed by atoms with E-state index < -0.39 is 0 Å². The molecule has 1 heterocycles. The maximum Gasteiger partial charge on any atom is 0.123 e. The largest absolute Gasteiger partial charge is 0.370 e. The van der Waals surface area contributed by atoms with Gasteiger partial charge < -0.3 is 10.1 Å². The maximum absolute atomic E-state index is 13.4. The Morgan fingerprint density at radius 3 is 2.55 bits per heavy atom. The van der Waals surface area contributed by atoms with Crippen molar-refractivity contribution < 1.29 is 9.13 Å². The summed E-state index contributed by atoms with van der Waals surface area (Å²) in [4.78, 5) is 0. The summed E-state index contributed by atoms with van der Waals surface area (Å²) in [6, 6.07) is 15.6. The first kappa shape index (κ1) is 22.0. The summed E-state index contributed by atoms with van der Waals surface area (Å²) in [7, 11) is 0. The number of ether oxygens (including phenoxy) is 1. The van der Waals surface area contributed by atoms with Gasteiger partial charge in [-0.05, 0) is 67.1 Å². The van der Waals surface area contributed by atoms with Gasteiger partial charge in [0.25, 0.3) is 0 Å². The van der Waals surface area contributed by atoms with E-state index in [0.717, 1.165) is 44.3 Å². The molecule has 0 unspecified atom stereocenters. The molecule has 1 aliphatic carbocycles. The molecule has 2 aromatic carbocycles. The highest BCUT2D eigenvalue weighted by Crippen LogP contribution is 2.45. The van der Waals surface area contributed by atoms with Crippen LogP contribution in [0.15, 0.2) is 54.1 Å². The Kier molecular flexibility index (Phi) is 7.50. The van der Waals surface area contributed by atoms with Crippen LogP contribution in [0.25, 0.3) is 5.57 Å². The molecule has 2 aliphatic rings. The lowest BCUT2D eigenvalue weighted by atomic mass is 9.83. The van der Waals surface area contributed by atoms with Gasteiger partial charge in [0, 0.05) is 13.0 Å². The third-order valence-corrected chi connectivity index (χ3v) is 6.20. The number of rotatable bonds is 6. The monoisotopic (exact) mass is 415 g/mol. The zero-order valence-electron chi connectivity index (χ0n) is 17.2. The van der Waals surface area contributed by atoms with Crippen molar-refractivity contribution in [3.8, 4) is 0 Å². The molecule has 0 radical (unpaired) electrons. The standard InChI is InChI=1S/C25H30FNO.ClH/c1-19-5-4-6-20(15-19)17-27-14-11-22-18-28-25(12-2-3-13-25)16-24(22)21-7-9-23(26)10-8-21;/h4-10,15,27H,2-3,11-14,16-18H2,1H3;1H. The third kappa shape index (κ3) is 5.48. The molecule has 1 saturated carbocycles. The second kappa shape index (κ2) is 9.88. The highest BCUT2D eigenvalue weighted by atomic mass is 35.5. The highest BCUT2D eigenvalue weighted by Gasteiger charge is 2.39. The molecule has 0 saturated heterocycles. The predicted molar refractivity (Wildman–Crippen MR) is 120 cm³/mol. The molecule has 1 N–H and O–H groups in total. The van der Waals surface area contributed by atoms with Gasteiger partial charge in [-0.3, -0.25) is 0 Å². The molecular formula is C25H31ClFNO. The average Bonchev–Trinajstić information content (AvgIpc) is 3.15. The quantitative estimate of drug-likeness (QED) is 0.565. The second-order valence-electron chi connectivity index (χ2n) is 8.36. The maximum atomic E-state index is 13.4. The predicted octanol–water partition coefficient (Wildman–Crippen LogP) is 6.22. The topological polar surface area (TPSA) is 21.3 Å². The van der Waals surface area contributed by atoms with Crippen LogP contribution < -0.4 is 5.32 Å². The van der Waals surface area contributed by atoms with Crippen molar-refractivity contribution in [1.29, 1.82) is 0 Å². The van der Waals surface area contributed by atoms with Crippen LogP contribution in [0.3, 0.4) is 0 Å². The zero-order chi connectivity index (χ0) is 19.4. The van der Waals surface area contributed by atoms with Gasteiger partial charge in [-0.25, -0.2) is 4.39 Å². The number of aryl methyl sites for hydroxylation is 1. The molecule has 4 heteroatoms. The van der Waals surface area contributed by atoms with Gasteiger partial charge in [-0.1, -0.05) is 54.8 Å². The molecule has 0 atom stereocenters. The molecule has 1 aliphatic heterocycles. The Bertz CT molecular complexity index is 840. The molecule has 1 spiro atoms. The number of benzene rings is 2. The van der Waals surface area contributed by atoms with E-state index in [9.17, 15) is 4.39 Å². The Hall–Kier alpha value is -1.68. The molecular weight excluding hydrogens is 385 g/mol. The fourth-order valence-corrected chi connectivity index (χ4v) is 4.64. The minimum atomic E-state index is -0.173. The number of hydrogen-bond acceptors (Lipinski definition) is 2. The van der Waals surface area contributed by atoms with E-state index in [1.807, 2.05) is 12.1 Å². The smallest absolute Gasteiger partial charge is 0.123 e. The fourth-order valence-electron chi connectivity index (χ4n) is 4.64. The number of halogens is 2. The van der Waals surface area contributed by atoms with Gasteiger partial charge in [-0.15, -0.1) is 12.4 Å². The Morgan fingerprint density at radius 1 is 1.07 bits per heavy atom. The van der Waals surface area contributed by atoms with E-state index in [4.69, 9.17) is 4.74 Å². The third-order valence-electron chi connectivity index (χ3n) is 6.20. The lowest BCUT2D eigenvalue weighted by Crippen LogP contribution is -2.34. The van der Waals surface area contributed by atoms with Crippen molar-refractivity contribution in [2.24, 2.45) is 0 Å². The van der Waals surface area contributed by atoms with Crippen LogP contribution in [-0.4, -0.2) is 18.8 Å². The molecule has 4 rings (SSSR count). The molecule has 0 aromatic heterocycles. The summed E-state index contributed by atoms with van der Waals surface area (Å²) in [5, 5.41) is 3.57. The van der Waals surface area contributed by atoms with Crippen LogP contribution in [0.1, 0.15) is 55.2 Å². The van der Waals surface area contributed by atoms with Crippen LogP contribution in [0.4, 0.5) is 4.39 Å². The summed E-state index contributed by atoms with van der Waals surface area (Å²) in [5.74, 6) is -0.173. The lowest BCUT2D eigenvalue weighted by Gasteiger charge is -2.37. The normalized spacial score (nSPS) is 18.1. The first-order chi connectivity index (χ1) is 13.6. The summed E-state index contributed by atoms with van der Waals surface area (Å²) in [6.07, 6.45) is 6.74. The van der Waals surface area contributed by atoms with Crippen molar-refractivity contribution >= 4 is 18.0 Å². The van der Waals surface area contributed by atoms with Gasteiger partial charge in [-0.2, -0.15) is 0 Å². The summed E-state index contributed by atoms with van der Waals surface area (Å²) >= 11 is 0. The summed E-state index contributed by atoms with van der Waals surface area (Å²) < 4.78 is 19.8. The first-order valence-corrected chi connectivity index (χ1v) is 10.5. The fraction of sp³-hybridized carbons (Fsp3) is 0.440. The van der Waals surface area contributed by atoms with Crippen LogP contribution in [0.2, 0.25) is 0 Å². The van der Waals surface area contributed by atoms with Crippen molar-refractivity contribution in [2.75, 3.05) is 13.2 Å². The van der Waals surface area contributed by atoms with Gasteiger partial charge in [0.05, 0.1) is 12.2 Å². The Morgan fingerprint density at radius 2 is 1.83 bits per heavy atom. The van der Waals surface area contributed by atoms with Crippen molar-refractivity contribution in [3.63, 3.8) is 0 Å². The van der Waals surface area contributed by atoms with E-state index in [1.165, 1.54) is 35.1 Å². The van der Waals surface area contributed by atoms with Crippen molar-refractivity contribution in [2.45, 2.75) is 57.6 Å². The number of nitrogens with one attached hydrogen (secondary N) is 1. The molecule has 2 aromatic rings. The first-order valence-electron chi connectivity index (χ1n) is 10.5. The van der Waals surface area contributed by atoms with Gasteiger partial charge >= 0.3 is 0 Å². The molecule has 0 amide bonds. The van der Waals surface area contributed by atoms with Crippen LogP contribution in [-0.2, 0) is 11.3 Å². The van der Waals surface area contributed by atoms with E-state index >= 15 is 0 Å². The summed E-state index contributed by atoms with van der Waals surface area (Å²) in [6.45, 7) is 4.64. The van der Waals surface area contributed by atoms with Crippen LogP contribution in [0.5, 0.6) is 0 Å².